The number of carbonyl (C=O) groups excluding carboxylic acids is 2. The van der Waals surface area contributed by atoms with E-state index in [4.69, 9.17) is 5.73 Å². The van der Waals surface area contributed by atoms with E-state index in [-0.39, 0.29) is 74.7 Å². The van der Waals surface area contributed by atoms with Crippen LogP contribution in [0.3, 0.4) is 0 Å². The van der Waals surface area contributed by atoms with E-state index in [9.17, 15) is 35.5 Å². The van der Waals surface area contributed by atoms with Crippen LogP contribution >= 0.6 is 15.9 Å². The minimum atomic E-state index is -5.12. The third kappa shape index (κ3) is 4.18. The molecule has 0 radical (unpaired) electrons. The number of rotatable bonds is 2. The number of hydrogen-bond acceptors (Lipinski definition) is 9. The predicted octanol–water partition coefficient (Wildman–Crippen LogP) is -5.38. The molecule has 0 atom stereocenters. The van der Waals surface area contributed by atoms with Gasteiger partial charge >= 0.3 is 59.1 Å². The summed E-state index contributed by atoms with van der Waals surface area (Å²) in [5, 5.41) is 0. The second kappa shape index (κ2) is 8.55. The zero-order valence-electron chi connectivity index (χ0n) is 14.3. The molecule has 1 aliphatic carbocycles. The van der Waals surface area contributed by atoms with E-state index in [1.165, 1.54) is 0 Å². The van der Waals surface area contributed by atoms with E-state index in [0.29, 0.717) is 0 Å². The van der Waals surface area contributed by atoms with Gasteiger partial charge in [-0.05, 0) is 28.1 Å². The van der Waals surface area contributed by atoms with Gasteiger partial charge in [-0.2, -0.15) is 0 Å². The second-order valence-electron chi connectivity index (χ2n) is 5.27. The average molecular weight is 506 g/mol. The number of benzene rings is 2. The van der Waals surface area contributed by atoms with Crippen molar-refractivity contribution in [2.75, 3.05) is 5.73 Å². The first-order valence-electron chi connectivity index (χ1n) is 6.62. The molecule has 0 bridgehead atoms. The third-order valence-corrected chi connectivity index (χ3v) is 6.15. The minimum absolute atomic E-state index is 0. The van der Waals surface area contributed by atoms with Crippen LogP contribution in [0, 0.1) is 0 Å². The molecule has 0 aromatic heterocycles. The fourth-order valence-electron chi connectivity index (χ4n) is 2.73. The molecule has 28 heavy (non-hydrogen) atoms. The summed E-state index contributed by atoms with van der Waals surface area (Å²) in [5.74, 6) is -2.00. The number of nitrogen functional groups attached to an aromatic ring is 1. The van der Waals surface area contributed by atoms with Crippen LogP contribution in [0.2, 0.25) is 0 Å². The van der Waals surface area contributed by atoms with Crippen molar-refractivity contribution in [1.29, 1.82) is 0 Å². The summed E-state index contributed by atoms with van der Waals surface area (Å²) in [6, 6.07) is 3.90. The molecule has 0 aliphatic heterocycles. The SMILES string of the molecule is Nc1c(S(=O)(=O)[O-])cc(Br)c2c1C(=O)c1c(cccc1S(=O)(=O)[O-])C2=O.[Na+].[Na+]. The van der Waals surface area contributed by atoms with Crippen molar-refractivity contribution < 1.29 is 94.6 Å². The van der Waals surface area contributed by atoms with E-state index < -0.39 is 58.4 Å². The Labute approximate surface area is 212 Å². The van der Waals surface area contributed by atoms with Crippen LogP contribution in [0.25, 0.3) is 0 Å². The summed E-state index contributed by atoms with van der Waals surface area (Å²) in [7, 11) is -10.2. The van der Waals surface area contributed by atoms with Crippen molar-refractivity contribution in [3.63, 3.8) is 0 Å². The Bertz CT molecular complexity index is 1240. The topological polar surface area (TPSA) is 175 Å². The van der Waals surface area contributed by atoms with Crippen LogP contribution in [-0.2, 0) is 20.2 Å². The Hall–Kier alpha value is -0.120. The van der Waals surface area contributed by atoms with Crippen LogP contribution in [-0.4, -0.2) is 37.5 Å². The van der Waals surface area contributed by atoms with Crippen LogP contribution in [0.1, 0.15) is 31.8 Å². The Kier molecular flexibility index (Phi) is 7.92. The average Bonchev–Trinajstić information content (AvgIpc) is 2.51. The predicted molar refractivity (Wildman–Crippen MR) is 87.8 cm³/mol. The maximum absolute atomic E-state index is 12.8. The van der Waals surface area contributed by atoms with Gasteiger partial charge in [0.1, 0.15) is 20.2 Å². The molecule has 0 saturated carbocycles. The summed E-state index contributed by atoms with van der Waals surface area (Å²) in [6.07, 6.45) is 0. The smallest absolute Gasteiger partial charge is 0.744 e. The zero-order chi connectivity index (χ0) is 19.6. The summed E-state index contributed by atoms with van der Waals surface area (Å²) in [4.78, 5) is 23.6. The largest absolute Gasteiger partial charge is 1.00 e. The molecular weight excluding hydrogens is 500 g/mol. The van der Waals surface area contributed by atoms with Gasteiger partial charge in [-0.1, -0.05) is 12.1 Å². The molecule has 0 heterocycles. The van der Waals surface area contributed by atoms with E-state index in [2.05, 4.69) is 15.9 Å². The molecule has 1 aliphatic rings. The second-order valence-corrected chi connectivity index (χ2v) is 8.82. The van der Waals surface area contributed by atoms with Crippen molar-refractivity contribution in [2.24, 2.45) is 0 Å². The van der Waals surface area contributed by atoms with Crippen molar-refractivity contribution >= 4 is 53.4 Å². The minimum Gasteiger partial charge on any atom is -0.744 e. The number of halogens is 1. The number of nitrogens with two attached hydrogens (primary N) is 1. The molecule has 2 aromatic rings. The van der Waals surface area contributed by atoms with Gasteiger partial charge < -0.3 is 14.8 Å². The maximum atomic E-state index is 12.8. The van der Waals surface area contributed by atoms with Crippen molar-refractivity contribution in [3.05, 3.63) is 51.0 Å². The van der Waals surface area contributed by atoms with Crippen LogP contribution in [0.15, 0.2) is 38.5 Å². The summed E-state index contributed by atoms with van der Waals surface area (Å²) >= 11 is 2.93. The molecule has 2 aromatic carbocycles. The first-order chi connectivity index (χ1) is 11.9. The Morgan fingerprint density at radius 1 is 0.821 bits per heavy atom. The Morgan fingerprint density at radius 3 is 1.86 bits per heavy atom. The molecule has 0 saturated heterocycles. The standard InChI is InChI=1S/C14H8BrNO8S2.2Na/c15-6-4-8(26(22,23)24)12(16)11-10(6)13(17)5-2-1-3-7(25(19,20)21)9(5)14(11)18;;/h1-4H,16H2,(H,19,20,21)(H,22,23,24);;/q;2*+1/p-2. The number of anilines is 1. The fourth-order valence-corrected chi connectivity index (χ4v) is 4.82. The molecule has 3 rings (SSSR count). The van der Waals surface area contributed by atoms with E-state index in [0.717, 1.165) is 24.3 Å². The van der Waals surface area contributed by atoms with Crippen molar-refractivity contribution in [2.45, 2.75) is 9.79 Å². The molecule has 0 spiro atoms. The quantitative estimate of drug-likeness (QED) is 0.202. The third-order valence-electron chi connectivity index (χ3n) is 3.77. The molecular formula is C14H6BrNNa2O8S2. The van der Waals surface area contributed by atoms with Gasteiger partial charge in [0.25, 0.3) is 0 Å². The molecule has 136 valence electrons. The first kappa shape index (κ1) is 25.9. The number of fused-ring (bicyclic) bond motifs is 2. The molecule has 0 unspecified atom stereocenters. The summed E-state index contributed by atoms with van der Waals surface area (Å²) in [6.45, 7) is 0. The maximum Gasteiger partial charge on any atom is 1.00 e. The van der Waals surface area contributed by atoms with E-state index in [1.807, 2.05) is 0 Å². The normalized spacial score (nSPS) is 13.1. The fraction of sp³-hybridized carbons (Fsp3) is 0. The number of ketones is 2. The molecule has 0 amide bonds. The molecule has 0 fully saturated rings. The van der Waals surface area contributed by atoms with Crippen molar-refractivity contribution in [3.8, 4) is 0 Å². The van der Waals surface area contributed by atoms with Gasteiger partial charge in [-0.15, -0.1) is 0 Å². The van der Waals surface area contributed by atoms with Crippen molar-refractivity contribution in [1.82, 2.24) is 0 Å². The number of carbonyl (C=O) groups is 2. The van der Waals surface area contributed by atoms with Crippen LogP contribution in [0.5, 0.6) is 0 Å². The molecule has 2 N–H and O–H groups in total. The van der Waals surface area contributed by atoms with Gasteiger partial charge in [0, 0.05) is 10.0 Å². The van der Waals surface area contributed by atoms with E-state index in [1.54, 1.807) is 0 Å². The Balaban J connectivity index is 0.00000196. The van der Waals surface area contributed by atoms with Gasteiger partial charge in [0.05, 0.1) is 32.2 Å². The molecule has 9 nitrogen and oxygen atoms in total. The van der Waals surface area contributed by atoms with Crippen LogP contribution in [0.4, 0.5) is 5.69 Å². The monoisotopic (exact) mass is 505 g/mol. The summed E-state index contributed by atoms with van der Waals surface area (Å²) < 4.78 is 68.2. The first-order valence-corrected chi connectivity index (χ1v) is 10.2. The summed E-state index contributed by atoms with van der Waals surface area (Å²) in [5.41, 5.74) is 2.80. The van der Waals surface area contributed by atoms with Gasteiger partial charge in [-0.3, -0.25) is 9.59 Å². The van der Waals surface area contributed by atoms with Gasteiger partial charge in [-0.25, -0.2) is 16.8 Å². The Morgan fingerprint density at radius 2 is 1.36 bits per heavy atom. The zero-order valence-corrected chi connectivity index (χ0v) is 21.6. The van der Waals surface area contributed by atoms with Gasteiger partial charge in [0.2, 0.25) is 0 Å². The van der Waals surface area contributed by atoms with E-state index >= 15 is 0 Å². The van der Waals surface area contributed by atoms with Crippen LogP contribution < -0.4 is 64.8 Å². The number of hydrogen-bond donors (Lipinski definition) is 1. The molecule has 14 heteroatoms. The van der Waals surface area contributed by atoms with Gasteiger partial charge in [0.15, 0.2) is 11.6 Å².